The second kappa shape index (κ2) is 5.22. The van der Waals surface area contributed by atoms with Crippen LogP contribution in [0.25, 0.3) is 0 Å². The Bertz CT molecular complexity index is 480. The van der Waals surface area contributed by atoms with Crippen molar-refractivity contribution < 1.29 is 14.1 Å². The lowest BCUT2D eigenvalue weighted by Gasteiger charge is -2.25. The maximum atomic E-state index is 13.4. The van der Waals surface area contributed by atoms with E-state index in [9.17, 15) is 19.3 Å². The number of Topliss-reactive ketones (excluding diaryl/α,β-unsaturated/α-hetero) is 1. The second-order valence-corrected chi connectivity index (χ2v) is 4.36. The molecule has 0 atom stereocenters. The lowest BCUT2D eigenvalue weighted by atomic mass is 10.1. The van der Waals surface area contributed by atoms with Crippen LogP contribution in [0.3, 0.4) is 0 Å². The van der Waals surface area contributed by atoms with Gasteiger partial charge >= 0.3 is 5.69 Å². The normalized spacial score (nSPS) is 16.8. The van der Waals surface area contributed by atoms with Crippen LogP contribution < -0.4 is 0 Å². The zero-order chi connectivity index (χ0) is 13.1. The smallest absolute Gasteiger partial charge is 0.300 e. The monoisotopic (exact) mass is 252 g/mol. The van der Waals surface area contributed by atoms with Crippen LogP contribution in [0.5, 0.6) is 0 Å². The van der Waals surface area contributed by atoms with E-state index < -0.39 is 16.4 Å². The molecule has 1 saturated heterocycles. The van der Waals surface area contributed by atoms with E-state index >= 15 is 0 Å². The number of nitrogens with zero attached hydrogens (tertiary/aromatic N) is 2. The average Bonchev–Trinajstić information content (AvgIpc) is 2.32. The summed E-state index contributed by atoms with van der Waals surface area (Å²) >= 11 is 0. The minimum Gasteiger partial charge on any atom is -0.300 e. The van der Waals surface area contributed by atoms with Crippen LogP contribution in [-0.4, -0.2) is 28.7 Å². The number of hydrogen-bond acceptors (Lipinski definition) is 4. The fourth-order valence-electron chi connectivity index (χ4n) is 2.02. The number of rotatable bonds is 3. The van der Waals surface area contributed by atoms with Crippen molar-refractivity contribution in [3.63, 3.8) is 0 Å². The molecule has 0 unspecified atom stereocenters. The fourth-order valence-corrected chi connectivity index (χ4v) is 2.02. The van der Waals surface area contributed by atoms with Gasteiger partial charge in [0.15, 0.2) is 0 Å². The minimum atomic E-state index is -0.814. The number of piperidine rings is 1. The molecule has 2 rings (SSSR count). The number of halogens is 1. The molecule has 0 amide bonds. The number of benzene rings is 1. The van der Waals surface area contributed by atoms with Gasteiger partial charge in [-0.3, -0.25) is 19.8 Å². The Morgan fingerprint density at radius 3 is 2.56 bits per heavy atom. The molecule has 6 heteroatoms. The first-order valence-electron chi connectivity index (χ1n) is 5.73. The Balaban J connectivity index is 2.04. The molecule has 0 bridgehead atoms. The number of nitro benzene ring substituents is 1. The van der Waals surface area contributed by atoms with Gasteiger partial charge in [0.05, 0.1) is 4.92 Å². The predicted octanol–water partition coefficient (Wildman–Crippen LogP) is 1.90. The Hall–Kier alpha value is -1.82. The first-order chi connectivity index (χ1) is 8.56. The van der Waals surface area contributed by atoms with Crippen LogP contribution in [0.1, 0.15) is 18.4 Å². The predicted molar refractivity (Wildman–Crippen MR) is 62.6 cm³/mol. The molecular weight excluding hydrogens is 239 g/mol. The Kier molecular flexibility index (Phi) is 3.66. The summed E-state index contributed by atoms with van der Waals surface area (Å²) < 4.78 is 13.4. The highest BCUT2D eigenvalue weighted by atomic mass is 19.1. The summed E-state index contributed by atoms with van der Waals surface area (Å²) in [6, 6.07) is 3.92. The van der Waals surface area contributed by atoms with Crippen molar-refractivity contribution >= 4 is 11.5 Å². The van der Waals surface area contributed by atoms with E-state index in [1.165, 1.54) is 12.1 Å². The zero-order valence-corrected chi connectivity index (χ0v) is 9.76. The van der Waals surface area contributed by atoms with Gasteiger partial charge in [-0.2, -0.15) is 4.39 Å². The third kappa shape index (κ3) is 2.89. The Morgan fingerprint density at radius 2 is 2.00 bits per heavy atom. The molecule has 0 aliphatic carbocycles. The molecule has 18 heavy (non-hydrogen) atoms. The fraction of sp³-hybridized carbons (Fsp3) is 0.417. The molecule has 1 heterocycles. The van der Waals surface area contributed by atoms with Crippen LogP contribution in [0.4, 0.5) is 10.1 Å². The number of carbonyl (C=O) groups is 1. The van der Waals surface area contributed by atoms with Gasteiger partial charge in [0, 0.05) is 38.5 Å². The zero-order valence-electron chi connectivity index (χ0n) is 9.76. The molecule has 0 saturated carbocycles. The van der Waals surface area contributed by atoms with Gasteiger partial charge in [-0.05, 0) is 11.6 Å². The van der Waals surface area contributed by atoms with Gasteiger partial charge in [-0.1, -0.05) is 6.07 Å². The summed E-state index contributed by atoms with van der Waals surface area (Å²) in [5.74, 6) is -0.563. The second-order valence-electron chi connectivity index (χ2n) is 4.36. The molecular formula is C12H13FN2O3. The minimum absolute atomic E-state index is 0.251. The summed E-state index contributed by atoms with van der Waals surface area (Å²) in [7, 11) is 0. The number of nitro groups is 1. The van der Waals surface area contributed by atoms with E-state index in [-0.39, 0.29) is 5.78 Å². The average molecular weight is 252 g/mol. The van der Waals surface area contributed by atoms with Crippen LogP contribution in [-0.2, 0) is 11.3 Å². The molecule has 1 aromatic rings. The van der Waals surface area contributed by atoms with E-state index in [0.717, 1.165) is 0 Å². The lowest BCUT2D eigenvalue weighted by molar-refractivity contribution is -0.387. The van der Waals surface area contributed by atoms with Gasteiger partial charge in [0.2, 0.25) is 5.82 Å². The highest BCUT2D eigenvalue weighted by Crippen LogP contribution is 2.19. The summed E-state index contributed by atoms with van der Waals surface area (Å²) in [6.07, 6.45) is 1.05. The van der Waals surface area contributed by atoms with Crippen molar-refractivity contribution in [3.05, 3.63) is 39.7 Å². The quantitative estimate of drug-likeness (QED) is 0.608. The molecule has 1 fully saturated rings. The largest absolute Gasteiger partial charge is 0.304 e. The van der Waals surface area contributed by atoms with E-state index in [0.29, 0.717) is 38.0 Å². The van der Waals surface area contributed by atoms with E-state index in [1.807, 2.05) is 4.90 Å². The number of ketones is 1. The summed E-state index contributed by atoms with van der Waals surface area (Å²) in [4.78, 5) is 22.9. The molecule has 1 aliphatic heterocycles. The van der Waals surface area contributed by atoms with Crippen LogP contribution in [0.15, 0.2) is 18.2 Å². The first kappa shape index (κ1) is 12.6. The number of hydrogen-bond donors (Lipinski definition) is 0. The SMILES string of the molecule is O=C1CCN(Cc2ccc([N+](=O)[O-])c(F)c2)CC1. The summed E-state index contributed by atoms with van der Waals surface area (Å²) in [6.45, 7) is 1.84. The molecule has 96 valence electrons. The van der Waals surface area contributed by atoms with Gasteiger partial charge in [0.25, 0.3) is 0 Å². The van der Waals surface area contributed by atoms with Crippen molar-refractivity contribution in [1.82, 2.24) is 4.90 Å². The highest BCUT2D eigenvalue weighted by molar-refractivity contribution is 5.79. The van der Waals surface area contributed by atoms with Gasteiger partial charge < -0.3 is 0 Å². The molecule has 0 aromatic heterocycles. The lowest BCUT2D eigenvalue weighted by Crippen LogP contribution is -2.33. The maximum absolute atomic E-state index is 13.4. The Labute approximate surface area is 103 Å². The number of carbonyl (C=O) groups excluding carboxylic acids is 1. The molecule has 5 nitrogen and oxygen atoms in total. The van der Waals surface area contributed by atoms with Crippen molar-refractivity contribution in [2.45, 2.75) is 19.4 Å². The maximum Gasteiger partial charge on any atom is 0.304 e. The highest BCUT2D eigenvalue weighted by Gasteiger charge is 2.18. The van der Waals surface area contributed by atoms with Crippen molar-refractivity contribution in [3.8, 4) is 0 Å². The Morgan fingerprint density at radius 1 is 1.33 bits per heavy atom. The van der Waals surface area contributed by atoms with Gasteiger partial charge in [0.1, 0.15) is 5.78 Å². The third-order valence-corrected chi connectivity index (χ3v) is 3.03. The standard InChI is InChI=1S/C12H13FN2O3/c13-11-7-9(1-2-12(11)15(17)18)8-14-5-3-10(16)4-6-14/h1-2,7H,3-6,8H2. The summed E-state index contributed by atoms with van der Waals surface area (Å²) in [5.41, 5.74) is 0.181. The molecule has 0 radical (unpaired) electrons. The molecule has 0 spiro atoms. The van der Waals surface area contributed by atoms with Crippen LogP contribution >= 0.6 is 0 Å². The number of likely N-dealkylation sites (tertiary alicyclic amines) is 1. The topological polar surface area (TPSA) is 63.5 Å². The first-order valence-corrected chi connectivity index (χ1v) is 5.73. The van der Waals surface area contributed by atoms with Crippen molar-refractivity contribution in [1.29, 1.82) is 0 Å². The molecule has 1 aliphatic rings. The van der Waals surface area contributed by atoms with Gasteiger partial charge in [-0.15, -0.1) is 0 Å². The third-order valence-electron chi connectivity index (χ3n) is 3.03. The van der Waals surface area contributed by atoms with E-state index in [2.05, 4.69) is 0 Å². The molecule has 0 N–H and O–H groups in total. The summed E-state index contributed by atoms with van der Waals surface area (Å²) in [5, 5.41) is 10.5. The molecule has 1 aromatic carbocycles. The van der Waals surface area contributed by atoms with Crippen LogP contribution in [0.2, 0.25) is 0 Å². The van der Waals surface area contributed by atoms with Crippen molar-refractivity contribution in [2.75, 3.05) is 13.1 Å². The van der Waals surface area contributed by atoms with Gasteiger partial charge in [-0.25, -0.2) is 0 Å². The van der Waals surface area contributed by atoms with E-state index in [1.54, 1.807) is 6.07 Å². The van der Waals surface area contributed by atoms with Crippen molar-refractivity contribution in [2.24, 2.45) is 0 Å². The van der Waals surface area contributed by atoms with Crippen LogP contribution in [0, 0.1) is 15.9 Å². The van der Waals surface area contributed by atoms with E-state index in [4.69, 9.17) is 0 Å².